The van der Waals surface area contributed by atoms with Gasteiger partial charge in [-0.25, -0.2) is 4.79 Å². The van der Waals surface area contributed by atoms with Gasteiger partial charge in [0.05, 0.1) is 18.2 Å². The average molecular weight is 287 g/mol. The van der Waals surface area contributed by atoms with Crippen molar-refractivity contribution in [3.8, 4) is 5.75 Å². The monoisotopic (exact) mass is 286 g/mol. The molecule has 0 aromatic heterocycles. The van der Waals surface area contributed by atoms with Crippen LogP contribution in [-0.4, -0.2) is 42.8 Å². The van der Waals surface area contributed by atoms with Gasteiger partial charge in [-0.3, -0.25) is 0 Å². The highest BCUT2D eigenvalue weighted by Gasteiger charge is 2.09. The molecule has 0 radical (unpaired) electrons. The Morgan fingerprint density at radius 2 is 2.26 bits per heavy atom. The number of nitrogens with zero attached hydrogens (tertiary/aromatic N) is 1. The maximum absolute atomic E-state index is 11.7. The zero-order chi connectivity index (χ0) is 14.3. The van der Waals surface area contributed by atoms with Crippen LogP contribution in [0.3, 0.4) is 0 Å². The Morgan fingerprint density at radius 3 is 2.84 bits per heavy atom. The van der Waals surface area contributed by atoms with Gasteiger partial charge in [0.2, 0.25) is 0 Å². The first-order valence-electron chi connectivity index (χ1n) is 6.13. The highest BCUT2D eigenvalue weighted by Crippen LogP contribution is 2.27. The maximum atomic E-state index is 11.7. The van der Waals surface area contributed by atoms with Gasteiger partial charge < -0.3 is 20.1 Å². The number of halogens is 1. The van der Waals surface area contributed by atoms with Crippen LogP contribution in [0.2, 0.25) is 5.02 Å². The predicted molar refractivity (Wildman–Crippen MR) is 76.0 cm³/mol. The molecule has 0 aliphatic carbocycles. The maximum Gasteiger partial charge on any atom is 0.321 e. The summed E-state index contributed by atoms with van der Waals surface area (Å²) in [5.41, 5.74) is 0.587. The van der Waals surface area contributed by atoms with Gasteiger partial charge in [-0.05, 0) is 24.6 Å². The second kappa shape index (κ2) is 7.86. The summed E-state index contributed by atoms with van der Waals surface area (Å²) in [4.78, 5) is 13.1. The fraction of sp³-hybridized carbons (Fsp3) is 0.462. The number of anilines is 1. The molecule has 6 heteroatoms. The Bertz CT molecular complexity index is 426. The summed E-state index contributed by atoms with van der Waals surface area (Å²) in [6.07, 6.45) is 0.904. The van der Waals surface area contributed by atoms with Crippen molar-refractivity contribution in [3.05, 3.63) is 23.2 Å². The van der Waals surface area contributed by atoms with Crippen molar-refractivity contribution < 1.29 is 14.6 Å². The number of ether oxygens (including phenoxy) is 1. The summed E-state index contributed by atoms with van der Waals surface area (Å²) < 4.78 is 5.44. The molecule has 19 heavy (non-hydrogen) atoms. The van der Waals surface area contributed by atoms with Crippen LogP contribution in [0.5, 0.6) is 5.75 Å². The van der Waals surface area contributed by atoms with E-state index < -0.39 is 0 Å². The smallest absolute Gasteiger partial charge is 0.321 e. The van der Waals surface area contributed by atoms with Gasteiger partial charge in [-0.15, -0.1) is 0 Å². The summed E-state index contributed by atoms with van der Waals surface area (Å²) in [6.45, 7) is 2.82. The molecule has 2 N–H and O–H groups in total. The van der Waals surface area contributed by atoms with Gasteiger partial charge in [0.25, 0.3) is 0 Å². The minimum absolute atomic E-state index is 0.0749. The van der Waals surface area contributed by atoms with Gasteiger partial charge >= 0.3 is 6.03 Å². The van der Waals surface area contributed by atoms with Gasteiger partial charge in [0.15, 0.2) is 0 Å². The van der Waals surface area contributed by atoms with E-state index >= 15 is 0 Å². The van der Waals surface area contributed by atoms with Crippen LogP contribution in [0.1, 0.15) is 13.3 Å². The summed E-state index contributed by atoms with van der Waals surface area (Å²) in [7, 11) is 1.60. The van der Waals surface area contributed by atoms with Crippen LogP contribution < -0.4 is 10.1 Å². The van der Waals surface area contributed by atoms with Crippen LogP contribution in [0.25, 0.3) is 0 Å². The molecule has 0 saturated carbocycles. The van der Waals surface area contributed by atoms with Crippen LogP contribution >= 0.6 is 11.6 Å². The highest BCUT2D eigenvalue weighted by atomic mass is 35.5. The van der Waals surface area contributed by atoms with Gasteiger partial charge in [-0.1, -0.05) is 18.5 Å². The lowest BCUT2D eigenvalue weighted by Crippen LogP contribution is -2.33. The molecule has 0 spiro atoms. The molecule has 0 saturated heterocycles. The van der Waals surface area contributed by atoms with Crippen molar-refractivity contribution in [2.75, 3.05) is 32.1 Å². The number of carbonyl (C=O) groups is 1. The fourth-order valence-corrected chi connectivity index (χ4v) is 1.61. The summed E-state index contributed by atoms with van der Waals surface area (Å²) >= 11 is 6.06. The van der Waals surface area contributed by atoms with Gasteiger partial charge in [0, 0.05) is 19.3 Å². The molecule has 1 aromatic carbocycles. The first-order valence-corrected chi connectivity index (χ1v) is 6.51. The zero-order valence-electron chi connectivity index (χ0n) is 11.1. The molecule has 1 aromatic rings. The molecule has 0 heterocycles. The summed E-state index contributed by atoms with van der Waals surface area (Å²) in [5.74, 6) is 0.602. The lowest BCUT2D eigenvalue weighted by Gasteiger charge is -2.17. The fourth-order valence-electron chi connectivity index (χ4n) is 1.38. The van der Waals surface area contributed by atoms with Crippen molar-refractivity contribution in [2.24, 2.45) is 0 Å². The number of hydrogen-bond acceptors (Lipinski definition) is 3. The number of likely N-dealkylation sites (N-methyl/N-ethyl adjacent to an activating group) is 1. The Labute approximate surface area is 118 Å². The lowest BCUT2D eigenvalue weighted by atomic mass is 10.3. The third-order valence-corrected chi connectivity index (χ3v) is 2.72. The van der Waals surface area contributed by atoms with Crippen molar-refractivity contribution in [1.29, 1.82) is 0 Å². The van der Waals surface area contributed by atoms with Gasteiger partial charge in [0.1, 0.15) is 5.75 Å². The Hall–Kier alpha value is -1.46. The van der Waals surface area contributed by atoms with Crippen LogP contribution in [0.4, 0.5) is 10.5 Å². The number of nitrogens with one attached hydrogen (secondary N) is 1. The number of benzene rings is 1. The van der Waals surface area contributed by atoms with Gasteiger partial charge in [-0.2, -0.15) is 0 Å². The number of hydrogen-bond donors (Lipinski definition) is 2. The number of amides is 2. The molecule has 2 amide bonds. The zero-order valence-corrected chi connectivity index (χ0v) is 11.9. The highest BCUT2D eigenvalue weighted by molar-refractivity contribution is 6.32. The van der Waals surface area contributed by atoms with E-state index in [1.807, 2.05) is 6.92 Å². The first-order chi connectivity index (χ1) is 9.08. The molecule has 0 aliphatic heterocycles. The Morgan fingerprint density at radius 1 is 1.53 bits per heavy atom. The molecule has 5 nitrogen and oxygen atoms in total. The van der Waals surface area contributed by atoms with E-state index in [-0.39, 0.29) is 19.2 Å². The number of carbonyl (C=O) groups excluding carboxylic acids is 1. The van der Waals surface area contributed by atoms with Crippen molar-refractivity contribution >= 4 is 23.3 Å². The molecule has 0 bridgehead atoms. The lowest BCUT2D eigenvalue weighted by molar-refractivity contribution is 0.202. The summed E-state index contributed by atoms with van der Waals surface area (Å²) in [5, 5.41) is 11.9. The van der Waals surface area contributed by atoms with Crippen molar-refractivity contribution in [3.63, 3.8) is 0 Å². The number of aliphatic hydroxyl groups excluding tert-OH is 1. The molecule has 1 rings (SSSR count). The average Bonchev–Trinajstić information content (AvgIpc) is 2.38. The normalized spacial score (nSPS) is 10.1. The minimum atomic E-state index is -0.299. The number of rotatable bonds is 6. The molecule has 0 fully saturated rings. The third kappa shape index (κ3) is 4.96. The number of urea groups is 1. The quantitative estimate of drug-likeness (QED) is 0.845. The first kappa shape index (κ1) is 15.6. The van der Waals surface area contributed by atoms with Crippen LogP contribution in [0.15, 0.2) is 18.2 Å². The largest absolute Gasteiger partial charge is 0.492 e. The second-order valence-corrected chi connectivity index (χ2v) is 4.48. The van der Waals surface area contributed by atoms with E-state index in [2.05, 4.69) is 5.32 Å². The molecular weight excluding hydrogens is 268 g/mol. The SMILES string of the molecule is CCCOc1ccc(NC(=O)N(C)CCO)cc1Cl. The van der Waals surface area contributed by atoms with E-state index in [1.165, 1.54) is 4.90 Å². The van der Waals surface area contributed by atoms with Crippen LogP contribution in [0, 0.1) is 0 Å². The number of aliphatic hydroxyl groups is 1. The Balaban J connectivity index is 2.65. The molecular formula is C13H19ClN2O3. The minimum Gasteiger partial charge on any atom is -0.492 e. The van der Waals surface area contributed by atoms with E-state index in [4.69, 9.17) is 21.4 Å². The third-order valence-electron chi connectivity index (χ3n) is 2.43. The van der Waals surface area contributed by atoms with E-state index in [0.717, 1.165) is 6.42 Å². The van der Waals surface area contributed by atoms with E-state index in [0.29, 0.717) is 23.1 Å². The molecule has 106 valence electrons. The topological polar surface area (TPSA) is 61.8 Å². The Kier molecular flexibility index (Phi) is 6.45. The van der Waals surface area contributed by atoms with E-state index in [9.17, 15) is 4.79 Å². The molecule has 0 aliphatic rings. The van der Waals surface area contributed by atoms with Crippen LogP contribution in [-0.2, 0) is 0 Å². The molecule has 0 atom stereocenters. The molecule has 0 unspecified atom stereocenters. The standard InChI is InChI=1S/C13H19ClN2O3/c1-3-8-19-12-5-4-10(9-11(12)14)15-13(18)16(2)6-7-17/h4-5,9,17H,3,6-8H2,1-2H3,(H,15,18). The van der Waals surface area contributed by atoms with E-state index in [1.54, 1.807) is 25.2 Å². The summed E-state index contributed by atoms with van der Waals surface area (Å²) in [6, 6.07) is 4.78. The van der Waals surface area contributed by atoms with Crippen molar-refractivity contribution in [2.45, 2.75) is 13.3 Å². The predicted octanol–water partition coefficient (Wildman–Crippen LogP) is 2.58. The second-order valence-electron chi connectivity index (χ2n) is 4.07. The van der Waals surface area contributed by atoms with Crippen molar-refractivity contribution in [1.82, 2.24) is 4.90 Å².